The largest absolute Gasteiger partial charge is 0.478 e. The van der Waals surface area contributed by atoms with E-state index in [1.165, 1.54) is 28.0 Å². The highest BCUT2D eigenvalue weighted by atomic mass is 32.1. The normalized spacial score (nSPS) is 10.9. The molecule has 0 bridgehead atoms. The molecular weight excluding hydrogens is 266 g/mol. The Morgan fingerprint density at radius 3 is 3.00 bits per heavy atom. The number of hydrogen-bond acceptors (Lipinski definition) is 4. The molecule has 2 heterocycles. The fourth-order valence-corrected chi connectivity index (χ4v) is 2.47. The van der Waals surface area contributed by atoms with Crippen LogP contribution >= 0.6 is 11.3 Å². The monoisotopic (exact) mass is 275 g/mol. The molecule has 19 heavy (non-hydrogen) atoms. The van der Waals surface area contributed by atoms with E-state index in [9.17, 15) is 9.59 Å². The number of nitrogens with zero attached hydrogens (tertiary/aromatic N) is 2. The summed E-state index contributed by atoms with van der Waals surface area (Å²) in [6.45, 7) is 0.325. The van der Waals surface area contributed by atoms with Gasteiger partial charge >= 0.3 is 11.7 Å². The van der Waals surface area contributed by atoms with E-state index in [4.69, 9.17) is 5.11 Å². The Bertz CT molecular complexity index is 801. The number of rotatable bonds is 3. The predicted octanol–water partition coefficient (Wildman–Crippen LogP) is 1.53. The van der Waals surface area contributed by atoms with Crippen molar-refractivity contribution in [3.05, 3.63) is 50.8 Å². The van der Waals surface area contributed by atoms with Crippen LogP contribution in [-0.2, 0) is 6.54 Å². The zero-order valence-electron chi connectivity index (χ0n) is 9.66. The van der Waals surface area contributed by atoms with E-state index in [-0.39, 0.29) is 11.3 Å². The molecule has 0 amide bonds. The fourth-order valence-electron chi connectivity index (χ4n) is 1.92. The number of fused-ring (bicyclic) bond motifs is 1. The van der Waals surface area contributed by atoms with Gasteiger partial charge < -0.3 is 10.1 Å². The minimum atomic E-state index is -1.02. The van der Waals surface area contributed by atoms with Gasteiger partial charge in [-0.1, -0.05) is 0 Å². The van der Waals surface area contributed by atoms with Gasteiger partial charge in [0, 0.05) is 5.38 Å². The number of nitrogens with one attached hydrogen (secondary N) is 1. The average molecular weight is 275 g/mol. The van der Waals surface area contributed by atoms with E-state index in [1.54, 1.807) is 11.6 Å². The van der Waals surface area contributed by atoms with Crippen LogP contribution in [0.15, 0.2) is 33.9 Å². The Morgan fingerprint density at radius 2 is 2.32 bits per heavy atom. The van der Waals surface area contributed by atoms with E-state index < -0.39 is 5.97 Å². The van der Waals surface area contributed by atoms with Gasteiger partial charge in [0.15, 0.2) is 0 Å². The van der Waals surface area contributed by atoms with Crippen molar-refractivity contribution in [1.82, 2.24) is 14.5 Å². The molecule has 0 unspecified atom stereocenters. The Labute approximate surface area is 111 Å². The number of hydrogen-bond donors (Lipinski definition) is 2. The minimum Gasteiger partial charge on any atom is -0.478 e. The summed E-state index contributed by atoms with van der Waals surface area (Å²) >= 11 is 1.45. The van der Waals surface area contributed by atoms with Gasteiger partial charge in [0.25, 0.3) is 0 Å². The van der Waals surface area contributed by atoms with Gasteiger partial charge in [-0.3, -0.25) is 4.57 Å². The molecule has 7 heteroatoms. The Hall–Kier alpha value is -2.41. The molecule has 0 aliphatic rings. The fraction of sp³-hybridized carbons (Fsp3) is 0.0833. The number of H-pyrrole nitrogens is 1. The highest BCUT2D eigenvalue weighted by Gasteiger charge is 2.11. The zero-order chi connectivity index (χ0) is 13.4. The second kappa shape index (κ2) is 4.36. The molecule has 0 saturated carbocycles. The highest BCUT2D eigenvalue weighted by Crippen LogP contribution is 2.14. The van der Waals surface area contributed by atoms with Crippen molar-refractivity contribution < 1.29 is 9.90 Å². The molecule has 0 radical (unpaired) electrons. The number of carboxylic acids is 1. The Kier molecular flexibility index (Phi) is 2.68. The van der Waals surface area contributed by atoms with Crippen LogP contribution in [0, 0.1) is 0 Å². The number of imidazole rings is 1. The van der Waals surface area contributed by atoms with Crippen LogP contribution in [0.2, 0.25) is 0 Å². The highest BCUT2D eigenvalue weighted by molar-refractivity contribution is 7.07. The summed E-state index contributed by atoms with van der Waals surface area (Å²) in [4.78, 5) is 29.7. The molecule has 0 saturated heterocycles. The maximum Gasteiger partial charge on any atom is 0.335 e. The van der Waals surface area contributed by atoms with E-state index in [0.717, 1.165) is 5.69 Å². The molecule has 1 aromatic carbocycles. The van der Waals surface area contributed by atoms with Crippen molar-refractivity contribution >= 4 is 28.3 Å². The molecule has 2 aromatic heterocycles. The van der Waals surface area contributed by atoms with Crippen LogP contribution in [0.5, 0.6) is 0 Å². The molecule has 0 aliphatic carbocycles. The quantitative estimate of drug-likeness (QED) is 0.758. The standard InChI is InChI=1S/C12H9N3O3S/c16-11(17)7-1-2-9-10(3-7)15(12(18)14-9)4-8-5-19-6-13-8/h1-3,5-6H,4H2,(H,14,18)(H,16,17). The molecule has 6 nitrogen and oxygen atoms in total. The van der Waals surface area contributed by atoms with Crippen molar-refractivity contribution in [2.75, 3.05) is 0 Å². The van der Waals surface area contributed by atoms with Gasteiger partial charge in [-0.05, 0) is 18.2 Å². The number of aromatic nitrogens is 3. The SMILES string of the molecule is O=C(O)c1ccc2[nH]c(=O)n(Cc3cscn3)c2c1. The van der Waals surface area contributed by atoms with Gasteiger partial charge in [-0.2, -0.15) is 0 Å². The first-order chi connectivity index (χ1) is 9.15. The molecule has 2 N–H and O–H groups in total. The van der Waals surface area contributed by atoms with Crippen molar-refractivity contribution in [2.45, 2.75) is 6.54 Å². The van der Waals surface area contributed by atoms with Crippen LogP contribution < -0.4 is 5.69 Å². The first kappa shape index (κ1) is 11.7. The third-order valence-corrected chi connectivity index (χ3v) is 3.46. The molecule has 0 fully saturated rings. The van der Waals surface area contributed by atoms with E-state index in [0.29, 0.717) is 17.6 Å². The summed E-state index contributed by atoms with van der Waals surface area (Å²) in [5.41, 5.74) is 3.53. The van der Waals surface area contributed by atoms with Crippen LogP contribution in [0.25, 0.3) is 11.0 Å². The first-order valence-corrected chi connectivity index (χ1v) is 6.42. The third kappa shape index (κ3) is 2.04. The van der Waals surface area contributed by atoms with Crippen molar-refractivity contribution in [3.63, 3.8) is 0 Å². The number of benzene rings is 1. The molecule has 96 valence electrons. The zero-order valence-corrected chi connectivity index (χ0v) is 10.5. The van der Waals surface area contributed by atoms with Crippen LogP contribution in [0.3, 0.4) is 0 Å². The predicted molar refractivity (Wildman–Crippen MR) is 70.7 cm³/mol. The molecule has 3 aromatic rings. The first-order valence-electron chi connectivity index (χ1n) is 5.48. The summed E-state index contributed by atoms with van der Waals surface area (Å²) in [7, 11) is 0. The van der Waals surface area contributed by atoms with Crippen molar-refractivity contribution in [2.24, 2.45) is 0 Å². The summed E-state index contributed by atoms with van der Waals surface area (Å²) in [6.07, 6.45) is 0. The second-order valence-electron chi connectivity index (χ2n) is 4.03. The molecular formula is C12H9N3O3S. The topological polar surface area (TPSA) is 88.0 Å². The maximum absolute atomic E-state index is 11.9. The average Bonchev–Trinajstić information content (AvgIpc) is 2.98. The van der Waals surface area contributed by atoms with Crippen LogP contribution in [0.1, 0.15) is 16.1 Å². The number of aromatic carboxylic acids is 1. The van der Waals surface area contributed by atoms with E-state index in [1.807, 2.05) is 5.38 Å². The summed E-state index contributed by atoms with van der Waals surface area (Å²) < 4.78 is 1.48. The van der Waals surface area contributed by atoms with Crippen LogP contribution in [-0.4, -0.2) is 25.6 Å². The van der Waals surface area contributed by atoms with Gasteiger partial charge in [0.05, 0.1) is 34.3 Å². The molecule has 3 rings (SSSR count). The molecule has 0 atom stereocenters. The Morgan fingerprint density at radius 1 is 1.47 bits per heavy atom. The smallest absolute Gasteiger partial charge is 0.335 e. The van der Waals surface area contributed by atoms with Crippen molar-refractivity contribution in [1.29, 1.82) is 0 Å². The molecule has 0 aliphatic heterocycles. The van der Waals surface area contributed by atoms with E-state index in [2.05, 4.69) is 9.97 Å². The second-order valence-corrected chi connectivity index (χ2v) is 4.75. The summed E-state index contributed by atoms with van der Waals surface area (Å²) in [5.74, 6) is -1.02. The lowest BCUT2D eigenvalue weighted by atomic mass is 10.2. The van der Waals surface area contributed by atoms with Gasteiger partial charge in [0.1, 0.15) is 0 Å². The Balaban J connectivity index is 2.16. The number of carbonyl (C=O) groups is 1. The molecule has 0 spiro atoms. The lowest BCUT2D eigenvalue weighted by Gasteiger charge is -2.01. The van der Waals surface area contributed by atoms with Gasteiger partial charge in [0.2, 0.25) is 0 Å². The number of thiazole rings is 1. The summed E-state index contributed by atoms with van der Waals surface area (Å²) in [5, 5.41) is 10.8. The van der Waals surface area contributed by atoms with Crippen molar-refractivity contribution in [3.8, 4) is 0 Å². The lowest BCUT2D eigenvalue weighted by Crippen LogP contribution is -2.17. The maximum atomic E-state index is 11.9. The number of carboxylic acid groups (broad SMARTS) is 1. The summed E-state index contributed by atoms with van der Waals surface area (Å²) in [6, 6.07) is 4.55. The minimum absolute atomic E-state index is 0.151. The van der Waals surface area contributed by atoms with Gasteiger partial charge in [-0.15, -0.1) is 11.3 Å². The number of aromatic amines is 1. The lowest BCUT2D eigenvalue weighted by molar-refractivity contribution is 0.0697. The van der Waals surface area contributed by atoms with Gasteiger partial charge in [-0.25, -0.2) is 14.6 Å². The third-order valence-electron chi connectivity index (χ3n) is 2.83. The van der Waals surface area contributed by atoms with E-state index >= 15 is 0 Å². The van der Waals surface area contributed by atoms with Crippen LogP contribution in [0.4, 0.5) is 0 Å².